The van der Waals surface area contributed by atoms with E-state index in [9.17, 15) is 4.79 Å². The Morgan fingerprint density at radius 3 is 2.69 bits per heavy atom. The highest BCUT2D eigenvalue weighted by atomic mass is 16.2. The molecule has 6 nitrogen and oxygen atoms in total. The van der Waals surface area contributed by atoms with Crippen LogP contribution in [0.5, 0.6) is 0 Å². The third-order valence-corrected chi connectivity index (χ3v) is 5.14. The SMILES string of the molecule is C[C@@H](C(=O)N1CCC(Nc2cccn3ncnc23)CC1)c1ccccc1. The lowest BCUT2D eigenvalue weighted by atomic mass is 9.97. The number of rotatable bonds is 4. The number of pyridine rings is 1. The van der Waals surface area contributed by atoms with Crippen LogP contribution in [-0.2, 0) is 4.79 Å². The summed E-state index contributed by atoms with van der Waals surface area (Å²) in [5.41, 5.74) is 2.91. The van der Waals surface area contributed by atoms with Gasteiger partial charge >= 0.3 is 0 Å². The number of aromatic nitrogens is 3. The fourth-order valence-corrected chi connectivity index (χ4v) is 3.58. The molecule has 1 saturated heterocycles. The maximum Gasteiger partial charge on any atom is 0.229 e. The van der Waals surface area contributed by atoms with Gasteiger partial charge in [0.25, 0.3) is 0 Å². The summed E-state index contributed by atoms with van der Waals surface area (Å²) in [5.74, 6) is 0.125. The van der Waals surface area contributed by atoms with E-state index >= 15 is 0 Å². The first kappa shape index (κ1) is 16.6. The lowest BCUT2D eigenvalue weighted by molar-refractivity contribution is -0.133. The van der Waals surface area contributed by atoms with Crippen molar-refractivity contribution in [3.63, 3.8) is 0 Å². The zero-order chi connectivity index (χ0) is 17.9. The average molecular weight is 349 g/mol. The van der Waals surface area contributed by atoms with Crippen LogP contribution < -0.4 is 5.32 Å². The summed E-state index contributed by atoms with van der Waals surface area (Å²) < 4.78 is 1.77. The van der Waals surface area contributed by atoms with Crippen LogP contribution in [0.2, 0.25) is 0 Å². The fourth-order valence-electron chi connectivity index (χ4n) is 3.58. The molecular formula is C20H23N5O. The van der Waals surface area contributed by atoms with E-state index in [0.717, 1.165) is 42.8 Å². The molecule has 0 saturated carbocycles. The molecule has 2 aromatic heterocycles. The van der Waals surface area contributed by atoms with Gasteiger partial charge in [0, 0.05) is 25.3 Å². The van der Waals surface area contributed by atoms with Gasteiger partial charge in [-0.2, -0.15) is 5.10 Å². The van der Waals surface area contributed by atoms with Crippen LogP contribution in [0.1, 0.15) is 31.2 Å². The number of nitrogens with one attached hydrogen (secondary N) is 1. The Balaban J connectivity index is 1.37. The van der Waals surface area contributed by atoms with Crippen molar-refractivity contribution < 1.29 is 4.79 Å². The van der Waals surface area contributed by atoms with E-state index in [0.29, 0.717) is 6.04 Å². The number of likely N-dealkylation sites (tertiary alicyclic amines) is 1. The zero-order valence-corrected chi connectivity index (χ0v) is 14.9. The first-order chi connectivity index (χ1) is 12.7. The van der Waals surface area contributed by atoms with Crippen LogP contribution in [0.3, 0.4) is 0 Å². The molecule has 1 amide bonds. The zero-order valence-electron chi connectivity index (χ0n) is 14.9. The third kappa shape index (κ3) is 3.27. The molecule has 0 aliphatic carbocycles. The smallest absolute Gasteiger partial charge is 0.229 e. The van der Waals surface area contributed by atoms with E-state index in [2.05, 4.69) is 15.4 Å². The van der Waals surface area contributed by atoms with Gasteiger partial charge in [0.1, 0.15) is 6.33 Å². The second-order valence-electron chi connectivity index (χ2n) is 6.83. The summed E-state index contributed by atoms with van der Waals surface area (Å²) in [5, 5.41) is 7.74. The lowest BCUT2D eigenvalue weighted by Crippen LogP contribution is -2.44. The van der Waals surface area contributed by atoms with Crippen molar-refractivity contribution in [2.75, 3.05) is 18.4 Å². The van der Waals surface area contributed by atoms with Gasteiger partial charge in [-0.25, -0.2) is 9.50 Å². The van der Waals surface area contributed by atoms with Crippen molar-refractivity contribution in [2.45, 2.75) is 31.7 Å². The Bertz CT molecular complexity index is 883. The van der Waals surface area contributed by atoms with Crippen LogP contribution in [-0.4, -0.2) is 44.5 Å². The standard InChI is InChI=1S/C20H23N5O/c1-15(16-6-3-2-4-7-16)20(26)24-12-9-17(10-13-24)23-18-8-5-11-25-19(18)21-14-22-25/h2-8,11,14-15,17,23H,9-10,12-13H2,1H3/t15-/m1/s1. The molecule has 0 bridgehead atoms. The lowest BCUT2D eigenvalue weighted by Gasteiger charge is -2.34. The Kier molecular flexibility index (Phi) is 4.56. The highest BCUT2D eigenvalue weighted by Gasteiger charge is 2.27. The minimum absolute atomic E-state index is 0.0922. The highest BCUT2D eigenvalue weighted by molar-refractivity contribution is 5.83. The molecule has 1 atom stereocenters. The van der Waals surface area contributed by atoms with E-state index in [1.165, 1.54) is 0 Å². The number of amides is 1. The number of carbonyl (C=O) groups is 1. The quantitative estimate of drug-likeness (QED) is 0.787. The molecule has 3 aromatic rings. The van der Waals surface area contributed by atoms with Crippen molar-refractivity contribution in [3.8, 4) is 0 Å². The normalized spacial score (nSPS) is 16.6. The summed E-state index contributed by atoms with van der Waals surface area (Å²) in [6.07, 6.45) is 5.32. The molecule has 1 fully saturated rings. The molecule has 0 spiro atoms. The number of fused-ring (bicyclic) bond motifs is 1. The number of benzene rings is 1. The largest absolute Gasteiger partial charge is 0.379 e. The first-order valence-corrected chi connectivity index (χ1v) is 9.11. The summed E-state index contributed by atoms with van der Waals surface area (Å²) >= 11 is 0. The number of hydrogen-bond acceptors (Lipinski definition) is 4. The Morgan fingerprint density at radius 1 is 1.15 bits per heavy atom. The Hall–Kier alpha value is -2.89. The highest BCUT2D eigenvalue weighted by Crippen LogP contribution is 2.23. The van der Waals surface area contributed by atoms with Crippen molar-refractivity contribution >= 4 is 17.2 Å². The molecule has 1 aromatic carbocycles. The fraction of sp³-hybridized carbons (Fsp3) is 0.350. The van der Waals surface area contributed by atoms with Gasteiger partial charge in [0.15, 0.2) is 5.65 Å². The van der Waals surface area contributed by atoms with Crippen molar-refractivity contribution in [3.05, 3.63) is 60.6 Å². The number of anilines is 1. The van der Waals surface area contributed by atoms with E-state index in [-0.39, 0.29) is 11.8 Å². The minimum atomic E-state index is -0.0922. The molecule has 6 heteroatoms. The summed E-state index contributed by atoms with van der Waals surface area (Å²) in [6.45, 7) is 3.56. The van der Waals surface area contributed by atoms with Crippen LogP contribution >= 0.6 is 0 Å². The van der Waals surface area contributed by atoms with E-state index < -0.39 is 0 Å². The molecule has 4 rings (SSSR count). The maximum atomic E-state index is 12.8. The van der Waals surface area contributed by atoms with Gasteiger partial charge in [-0.3, -0.25) is 4.79 Å². The topological polar surface area (TPSA) is 62.5 Å². The van der Waals surface area contributed by atoms with Gasteiger partial charge in [-0.1, -0.05) is 30.3 Å². The summed E-state index contributed by atoms with van der Waals surface area (Å²) in [4.78, 5) is 19.1. The van der Waals surface area contributed by atoms with Crippen molar-refractivity contribution in [1.29, 1.82) is 0 Å². The van der Waals surface area contributed by atoms with Crippen molar-refractivity contribution in [2.24, 2.45) is 0 Å². The first-order valence-electron chi connectivity index (χ1n) is 9.11. The second-order valence-corrected chi connectivity index (χ2v) is 6.83. The molecule has 1 N–H and O–H groups in total. The van der Waals surface area contributed by atoms with Gasteiger partial charge in [0.2, 0.25) is 5.91 Å². The summed E-state index contributed by atoms with van der Waals surface area (Å²) in [6, 6.07) is 14.3. The molecule has 0 radical (unpaired) electrons. The Morgan fingerprint density at radius 2 is 1.92 bits per heavy atom. The molecule has 3 heterocycles. The monoisotopic (exact) mass is 349 g/mol. The van der Waals surface area contributed by atoms with E-state index in [4.69, 9.17) is 0 Å². The molecule has 26 heavy (non-hydrogen) atoms. The number of carbonyl (C=O) groups excluding carboxylic acids is 1. The molecule has 134 valence electrons. The molecule has 1 aliphatic rings. The minimum Gasteiger partial charge on any atom is -0.379 e. The van der Waals surface area contributed by atoms with Gasteiger partial charge in [-0.15, -0.1) is 0 Å². The number of hydrogen-bond donors (Lipinski definition) is 1. The van der Waals surface area contributed by atoms with Crippen LogP contribution in [0.15, 0.2) is 55.0 Å². The predicted molar refractivity (Wildman–Crippen MR) is 101 cm³/mol. The summed E-state index contributed by atoms with van der Waals surface area (Å²) in [7, 11) is 0. The maximum absolute atomic E-state index is 12.8. The van der Waals surface area contributed by atoms with E-state index in [1.54, 1.807) is 10.8 Å². The van der Waals surface area contributed by atoms with Crippen LogP contribution in [0.25, 0.3) is 5.65 Å². The van der Waals surface area contributed by atoms with Crippen molar-refractivity contribution in [1.82, 2.24) is 19.5 Å². The molecule has 1 aliphatic heterocycles. The Labute approximate surface area is 152 Å². The van der Waals surface area contributed by atoms with E-state index in [1.807, 2.05) is 60.5 Å². The van der Waals surface area contributed by atoms with Gasteiger partial charge < -0.3 is 10.2 Å². The number of nitrogens with zero attached hydrogens (tertiary/aromatic N) is 4. The molecule has 0 unspecified atom stereocenters. The predicted octanol–water partition coefficient (Wildman–Crippen LogP) is 2.94. The van der Waals surface area contributed by atoms with Crippen LogP contribution in [0, 0.1) is 0 Å². The van der Waals surface area contributed by atoms with Gasteiger partial charge in [0.05, 0.1) is 11.6 Å². The molecular weight excluding hydrogens is 326 g/mol. The van der Waals surface area contributed by atoms with Crippen LogP contribution in [0.4, 0.5) is 5.69 Å². The average Bonchev–Trinajstić information content (AvgIpc) is 3.18. The number of piperidine rings is 1. The second kappa shape index (κ2) is 7.15. The van der Waals surface area contributed by atoms with Gasteiger partial charge in [-0.05, 0) is 37.5 Å². The third-order valence-electron chi connectivity index (χ3n) is 5.14.